The second-order valence-corrected chi connectivity index (χ2v) is 5.58. The SMILES string of the molecule is CSC(=Nc1cc(F)ccc1N1CCN(C)CC1)NC#N. The number of benzene rings is 1. The van der Waals surface area contributed by atoms with Crippen molar-refractivity contribution in [2.24, 2.45) is 4.99 Å². The highest BCUT2D eigenvalue weighted by Crippen LogP contribution is 2.31. The Balaban J connectivity index is 2.31. The molecule has 112 valence electrons. The summed E-state index contributed by atoms with van der Waals surface area (Å²) in [6.45, 7) is 3.69. The summed E-state index contributed by atoms with van der Waals surface area (Å²) in [4.78, 5) is 8.83. The van der Waals surface area contributed by atoms with Gasteiger partial charge >= 0.3 is 0 Å². The minimum atomic E-state index is -0.330. The molecular formula is C14H18FN5S. The van der Waals surface area contributed by atoms with Gasteiger partial charge in [-0.1, -0.05) is 11.8 Å². The Kier molecular flexibility index (Phi) is 5.42. The maximum atomic E-state index is 13.5. The molecule has 0 amide bonds. The molecule has 1 fully saturated rings. The molecule has 0 spiro atoms. The fourth-order valence-corrected chi connectivity index (χ4v) is 2.52. The van der Waals surface area contributed by atoms with E-state index in [-0.39, 0.29) is 5.82 Å². The van der Waals surface area contributed by atoms with E-state index in [9.17, 15) is 4.39 Å². The zero-order chi connectivity index (χ0) is 15.2. The molecule has 1 heterocycles. The van der Waals surface area contributed by atoms with Gasteiger partial charge in [0.05, 0.1) is 11.4 Å². The molecule has 5 nitrogen and oxygen atoms in total. The van der Waals surface area contributed by atoms with Gasteiger partial charge in [0, 0.05) is 32.2 Å². The summed E-state index contributed by atoms with van der Waals surface area (Å²) in [5.41, 5.74) is 1.45. The lowest BCUT2D eigenvalue weighted by Gasteiger charge is -2.34. The minimum Gasteiger partial charge on any atom is -0.367 e. The summed E-state index contributed by atoms with van der Waals surface area (Å²) in [6.07, 6.45) is 3.66. The molecule has 21 heavy (non-hydrogen) atoms. The van der Waals surface area contributed by atoms with Crippen LogP contribution in [-0.4, -0.2) is 49.6 Å². The number of hydrogen-bond donors (Lipinski definition) is 1. The number of nitrogens with zero attached hydrogens (tertiary/aromatic N) is 4. The molecule has 7 heteroatoms. The van der Waals surface area contributed by atoms with Crippen molar-refractivity contribution in [3.63, 3.8) is 0 Å². The Morgan fingerprint density at radius 3 is 2.71 bits per heavy atom. The standard InChI is InChI=1S/C14H18FN5S/c1-19-5-7-20(8-6-19)13-4-3-11(15)9-12(13)18-14(21-2)17-10-16/h3-4,9H,5-8H2,1-2H3,(H,17,18). The molecule has 0 atom stereocenters. The van der Waals surface area contributed by atoms with Crippen LogP contribution in [0.15, 0.2) is 23.2 Å². The fourth-order valence-electron chi connectivity index (χ4n) is 2.18. The van der Waals surface area contributed by atoms with E-state index in [1.807, 2.05) is 12.4 Å². The third kappa shape index (κ3) is 4.09. The molecular weight excluding hydrogens is 289 g/mol. The first-order chi connectivity index (χ1) is 10.1. The molecule has 1 saturated heterocycles. The molecule has 0 aromatic heterocycles. The van der Waals surface area contributed by atoms with Crippen LogP contribution >= 0.6 is 11.8 Å². The van der Waals surface area contributed by atoms with Crippen molar-refractivity contribution in [1.82, 2.24) is 10.2 Å². The smallest absolute Gasteiger partial charge is 0.183 e. The normalized spacial score (nSPS) is 16.7. The predicted molar refractivity (Wildman–Crippen MR) is 85.5 cm³/mol. The monoisotopic (exact) mass is 307 g/mol. The van der Waals surface area contributed by atoms with Crippen molar-refractivity contribution >= 4 is 28.3 Å². The summed E-state index contributed by atoms with van der Waals surface area (Å²) >= 11 is 1.32. The number of thioether (sulfide) groups is 1. The number of amidine groups is 1. The minimum absolute atomic E-state index is 0.330. The van der Waals surface area contributed by atoms with Crippen LogP contribution in [0.25, 0.3) is 0 Å². The third-order valence-corrected chi connectivity index (χ3v) is 3.94. The Morgan fingerprint density at radius 2 is 2.10 bits per heavy atom. The number of aliphatic imine (C=N–C) groups is 1. The highest BCUT2D eigenvalue weighted by molar-refractivity contribution is 8.13. The molecule has 0 unspecified atom stereocenters. The highest BCUT2D eigenvalue weighted by atomic mass is 32.2. The molecule has 1 aromatic rings. The van der Waals surface area contributed by atoms with Gasteiger partial charge in [-0.3, -0.25) is 5.32 Å². The van der Waals surface area contributed by atoms with Crippen molar-refractivity contribution in [2.45, 2.75) is 0 Å². The lowest BCUT2D eigenvalue weighted by molar-refractivity contribution is 0.313. The van der Waals surface area contributed by atoms with Gasteiger partial charge in [-0.05, 0) is 25.4 Å². The Labute approximate surface area is 128 Å². The summed E-state index contributed by atoms with van der Waals surface area (Å²) < 4.78 is 13.5. The first-order valence-electron chi connectivity index (χ1n) is 6.65. The molecule has 2 rings (SSSR count). The molecule has 1 aliphatic heterocycles. The van der Waals surface area contributed by atoms with E-state index in [1.54, 1.807) is 6.07 Å². The molecule has 1 aromatic carbocycles. The maximum absolute atomic E-state index is 13.5. The third-order valence-electron chi connectivity index (χ3n) is 3.36. The van der Waals surface area contributed by atoms with Crippen molar-refractivity contribution in [1.29, 1.82) is 5.26 Å². The number of likely N-dealkylation sites (N-methyl/N-ethyl adjacent to an activating group) is 1. The van der Waals surface area contributed by atoms with E-state index in [4.69, 9.17) is 5.26 Å². The number of rotatable bonds is 2. The largest absolute Gasteiger partial charge is 0.367 e. The van der Waals surface area contributed by atoms with E-state index >= 15 is 0 Å². The van der Waals surface area contributed by atoms with Crippen LogP contribution in [0.5, 0.6) is 0 Å². The van der Waals surface area contributed by atoms with E-state index in [0.717, 1.165) is 31.9 Å². The van der Waals surface area contributed by atoms with E-state index in [2.05, 4.69) is 27.2 Å². The Hall–Kier alpha value is -1.78. The predicted octanol–water partition coefficient (Wildman–Crippen LogP) is 2.00. The molecule has 0 saturated carbocycles. The van der Waals surface area contributed by atoms with Gasteiger partial charge in [-0.15, -0.1) is 0 Å². The van der Waals surface area contributed by atoms with Crippen molar-refractivity contribution in [3.05, 3.63) is 24.0 Å². The summed E-state index contributed by atoms with van der Waals surface area (Å²) in [6, 6.07) is 4.61. The number of halogens is 1. The van der Waals surface area contributed by atoms with Gasteiger partial charge < -0.3 is 9.80 Å². The number of nitriles is 1. The quantitative estimate of drug-likeness (QED) is 0.392. The van der Waals surface area contributed by atoms with Gasteiger partial charge in [0.1, 0.15) is 5.82 Å². The molecule has 1 N–H and O–H groups in total. The first kappa shape index (κ1) is 15.6. The van der Waals surface area contributed by atoms with Crippen LogP contribution in [0.1, 0.15) is 0 Å². The number of piperazine rings is 1. The lowest BCUT2D eigenvalue weighted by Crippen LogP contribution is -2.44. The average Bonchev–Trinajstić information content (AvgIpc) is 2.48. The van der Waals surface area contributed by atoms with Crippen LogP contribution in [-0.2, 0) is 0 Å². The van der Waals surface area contributed by atoms with Gasteiger partial charge in [-0.25, -0.2) is 9.38 Å². The van der Waals surface area contributed by atoms with Crippen LogP contribution in [0.3, 0.4) is 0 Å². The summed E-state index contributed by atoms with van der Waals surface area (Å²) in [5.74, 6) is -0.330. The van der Waals surface area contributed by atoms with Crippen LogP contribution in [0.4, 0.5) is 15.8 Å². The lowest BCUT2D eigenvalue weighted by atomic mass is 10.2. The second kappa shape index (κ2) is 7.29. The summed E-state index contributed by atoms with van der Waals surface area (Å²) in [5, 5.41) is 11.7. The topological polar surface area (TPSA) is 54.7 Å². The molecule has 0 radical (unpaired) electrons. The van der Waals surface area contributed by atoms with Crippen LogP contribution in [0.2, 0.25) is 0 Å². The number of anilines is 1. The van der Waals surface area contributed by atoms with Gasteiger partial charge in [0.15, 0.2) is 11.4 Å². The highest BCUT2D eigenvalue weighted by Gasteiger charge is 2.17. The van der Waals surface area contributed by atoms with E-state index in [0.29, 0.717) is 10.9 Å². The maximum Gasteiger partial charge on any atom is 0.183 e. The number of hydrogen-bond acceptors (Lipinski definition) is 5. The van der Waals surface area contributed by atoms with Crippen LogP contribution < -0.4 is 10.2 Å². The van der Waals surface area contributed by atoms with Crippen molar-refractivity contribution in [2.75, 3.05) is 44.4 Å². The molecule has 1 aliphatic rings. The van der Waals surface area contributed by atoms with Gasteiger partial charge in [0.2, 0.25) is 0 Å². The van der Waals surface area contributed by atoms with E-state index in [1.165, 1.54) is 23.9 Å². The summed E-state index contributed by atoms with van der Waals surface area (Å²) in [7, 11) is 2.09. The zero-order valence-electron chi connectivity index (χ0n) is 12.1. The Bertz CT molecular complexity index is 561. The Morgan fingerprint density at radius 1 is 1.38 bits per heavy atom. The van der Waals surface area contributed by atoms with E-state index < -0.39 is 0 Å². The van der Waals surface area contributed by atoms with Gasteiger partial charge in [-0.2, -0.15) is 5.26 Å². The average molecular weight is 307 g/mol. The van der Waals surface area contributed by atoms with Gasteiger partial charge in [0.25, 0.3) is 0 Å². The second-order valence-electron chi connectivity index (χ2n) is 4.78. The van der Waals surface area contributed by atoms with Crippen LogP contribution in [0, 0.1) is 17.3 Å². The first-order valence-corrected chi connectivity index (χ1v) is 7.87. The fraction of sp³-hybridized carbons (Fsp3) is 0.429. The van der Waals surface area contributed by atoms with Crippen molar-refractivity contribution < 1.29 is 4.39 Å². The number of nitrogens with one attached hydrogen (secondary N) is 1. The zero-order valence-corrected chi connectivity index (χ0v) is 13.0. The molecule has 0 bridgehead atoms. The molecule has 0 aliphatic carbocycles. The van der Waals surface area contributed by atoms with Crippen molar-refractivity contribution in [3.8, 4) is 6.19 Å².